The van der Waals surface area contributed by atoms with Crippen molar-refractivity contribution in [2.24, 2.45) is 0 Å². The first-order chi connectivity index (χ1) is 9.03. The Morgan fingerprint density at radius 2 is 2.11 bits per heavy atom. The van der Waals surface area contributed by atoms with E-state index < -0.39 is 10.1 Å². The maximum absolute atomic E-state index is 11.0. The first kappa shape index (κ1) is 14.3. The Labute approximate surface area is 114 Å². The van der Waals surface area contributed by atoms with Crippen molar-refractivity contribution in [2.45, 2.75) is 25.5 Å². The Morgan fingerprint density at radius 1 is 1.37 bits per heavy atom. The molecule has 0 amide bonds. The highest BCUT2D eigenvalue weighted by molar-refractivity contribution is 7.86. The van der Waals surface area contributed by atoms with Crippen molar-refractivity contribution in [2.75, 3.05) is 19.4 Å². The van der Waals surface area contributed by atoms with Gasteiger partial charge < -0.3 is 14.2 Å². The molecule has 0 bridgehead atoms. The first-order valence-corrected chi connectivity index (χ1v) is 8.15. The van der Waals surface area contributed by atoms with Crippen LogP contribution in [-0.4, -0.2) is 33.9 Å². The third kappa shape index (κ3) is 5.18. The van der Waals surface area contributed by atoms with Gasteiger partial charge in [0.2, 0.25) is 0 Å². The van der Waals surface area contributed by atoms with E-state index in [1.165, 1.54) is 0 Å². The molecule has 1 aliphatic rings. The van der Waals surface area contributed by atoms with E-state index in [9.17, 15) is 8.42 Å². The van der Waals surface area contributed by atoms with Gasteiger partial charge in [-0.1, -0.05) is 12.1 Å². The lowest BCUT2D eigenvalue weighted by molar-refractivity contribution is 0.110. The van der Waals surface area contributed by atoms with Crippen LogP contribution in [0, 0.1) is 0 Å². The summed E-state index contributed by atoms with van der Waals surface area (Å²) < 4.78 is 32.2. The maximum atomic E-state index is 11.0. The zero-order valence-corrected chi connectivity index (χ0v) is 11.8. The van der Waals surface area contributed by atoms with Gasteiger partial charge in [0.05, 0.1) is 12.4 Å². The molecule has 1 fully saturated rings. The molecule has 1 aromatic carbocycles. The minimum absolute atomic E-state index is 0.327. The van der Waals surface area contributed by atoms with E-state index in [-0.39, 0.29) is 0 Å². The fourth-order valence-corrected chi connectivity index (χ4v) is 2.48. The molecule has 0 radical (unpaired) electrons. The third-order valence-corrected chi connectivity index (χ3v) is 3.39. The van der Waals surface area contributed by atoms with Crippen molar-refractivity contribution in [1.82, 2.24) is 5.32 Å². The maximum Gasteiger partial charge on any atom is 0.306 e. The Kier molecular flexibility index (Phi) is 4.79. The number of ether oxygens (including phenoxy) is 1. The van der Waals surface area contributed by atoms with Crippen LogP contribution in [0.1, 0.15) is 18.4 Å². The standard InChI is InChI=1S/C13H19NO4S/c1-19(15,16)18-12-6-4-11(5-7-12)9-14-10-13-3-2-8-17-13/h4-7,13-14H,2-3,8-10H2,1H3/t13-/m0/s1. The smallest absolute Gasteiger partial charge is 0.306 e. The summed E-state index contributed by atoms with van der Waals surface area (Å²) in [5.41, 5.74) is 1.08. The van der Waals surface area contributed by atoms with Crippen LogP contribution >= 0.6 is 0 Å². The monoisotopic (exact) mass is 285 g/mol. The second-order valence-corrected chi connectivity index (χ2v) is 6.27. The molecule has 106 valence electrons. The Morgan fingerprint density at radius 3 is 2.68 bits per heavy atom. The van der Waals surface area contributed by atoms with Gasteiger partial charge in [-0.2, -0.15) is 8.42 Å². The summed E-state index contributed by atoms with van der Waals surface area (Å²) in [6, 6.07) is 7.01. The van der Waals surface area contributed by atoms with Crippen LogP contribution < -0.4 is 9.50 Å². The van der Waals surface area contributed by atoms with Crippen molar-refractivity contribution in [3.63, 3.8) is 0 Å². The summed E-state index contributed by atoms with van der Waals surface area (Å²) >= 11 is 0. The van der Waals surface area contributed by atoms with Crippen molar-refractivity contribution in [3.05, 3.63) is 29.8 Å². The molecule has 1 aromatic rings. The van der Waals surface area contributed by atoms with Crippen LogP contribution in [-0.2, 0) is 21.4 Å². The normalized spacial score (nSPS) is 19.5. The molecule has 1 saturated heterocycles. The van der Waals surface area contributed by atoms with Crippen LogP contribution in [0.3, 0.4) is 0 Å². The van der Waals surface area contributed by atoms with E-state index in [2.05, 4.69) is 5.32 Å². The van der Waals surface area contributed by atoms with Gasteiger partial charge in [-0.3, -0.25) is 0 Å². The van der Waals surface area contributed by atoms with Crippen molar-refractivity contribution in [3.8, 4) is 5.75 Å². The fourth-order valence-electron chi connectivity index (χ4n) is 2.02. The minimum atomic E-state index is -3.45. The Balaban J connectivity index is 1.78. The van der Waals surface area contributed by atoms with Gasteiger partial charge in [-0.15, -0.1) is 0 Å². The zero-order chi connectivity index (χ0) is 13.7. The topological polar surface area (TPSA) is 64.6 Å². The molecule has 1 aliphatic heterocycles. The van der Waals surface area contributed by atoms with Crippen molar-refractivity contribution >= 4 is 10.1 Å². The van der Waals surface area contributed by atoms with E-state index in [1.807, 2.05) is 12.1 Å². The predicted octanol–water partition coefficient (Wildman–Crippen LogP) is 1.29. The highest BCUT2D eigenvalue weighted by atomic mass is 32.2. The van der Waals surface area contributed by atoms with Crippen LogP contribution in [0.25, 0.3) is 0 Å². The third-order valence-electron chi connectivity index (χ3n) is 2.90. The number of rotatable bonds is 6. The average molecular weight is 285 g/mol. The van der Waals surface area contributed by atoms with Crippen LogP contribution in [0.15, 0.2) is 24.3 Å². The molecule has 1 N–H and O–H groups in total. The van der Waals surface area contributed by atoms with Gasteiger partial charge in [0, 0.05) is 19.7 Å². The van der Waals surface area contributed by atoms with Gasteiger partial charge in [0.15, 0.2) is 0 Å². The minimum Gasteiger partial charge on any atom is -0.383 e. The highest BCUT2D eigenvalue weighted by Crippen LogP contribution is 2.14. The summed E-state index contributed by atoms with van der Waals surface area (Å²) in [6.07, 6.45) is 3.62. The largest absolute Gasteiger partial charge is 0.383 e. The SMILES string of the molecule is CS(=O)(=O)Oc1ccc(CNC[C@@H]2CCCO2)cc1. The lowest BCUT2D eigenvalue weighted by Gasteiger charge is -2.11. The Bertz CT molecular complexity index is 492. The predicted molar refractivity (Wildman–Crippen MR) is 72.6 cm³/mol. The van der Waals surface area contributed by atoms with Crippen LogP contribution in [0.5, 0.6) is 5.75 Å². The molecule has 0 unspecified atom stereocenters. The van der Waals surface area contributed by atoms with Gasteiger partial charge in [0.25, 0.3) is 0 Å². The molecule has 0 aliphatic carbocycles. The molecule has 5 nitrogen and oxygen atoms in total. The number of hydrogen-bond donors (Lipinski definition) is 1. The number of benzene rings is 1. The van der Waals surface area contributed by atoms with Crippen molar-refractivity contribution in [1.29, 1.82) is 0 Å². The molecule has 0 saturated carbocycles. The van der Waals surface area contributed by atoms with Crippen LogP contribution in [0.2, 0.25) is 0 Å². The lowest BCUT2D eigenvalue weighted by Crippen LogP contribution is -2.25. The fraction of sp³-hybridized carbons (Fsp3) is 0.538. The number of nitrogens with one attached hydrogen (secondary N) is 1. The summed E-state index contributed by atoms with van der Waals surface area (Å²) in [7, 11) is -3.45. The first-order valence-electron chi connectivity index (χ1n) is 6.34. The molecule has 1 heterocycles. The molecular formula is C13H19NO4S. The second-order valence-electron chi connectivity index (χ2n) is 4.70. The molecular weight excluding hydrogens is 266 g/mol. The molecule has 0 spiro atoms. The van der Waals surface area contributed by atoms with E-state index in [4.69, 9.17) is 8.92 Å². The summed E-state index contributed by atoms with van der Waals surface area (Å²) in [4.78, 5) is 0. The van der Waals surface area contributed by atoms with Gasteiger partial charge in [-0.05, 0) is 30.5 Å². The summed E-state index contributed by atoms with van der Waals surface area (Å²) in [5.74, 6) is 0.338. The molecule has 19 heavy (non-hydrogen) atoms. The summed E-state index contributed by atoms with van der Waals surface area (Å²) in [6.45, 7) is 2.45. The van der Waals surface area contributed by atoms with E-state index >= 15 is 0 Å². The quantitative estimate of drug-likeness (QED) is 0.798. The molecule has 0 aromatic heterocycles. The van der Waals surface area contributed by atoms with E-state index in [1.54, 1.807) is 12.1 Å². The van der Waals surface area contributed by atoms with Gasteiger partial charge in [-0.25, -0.2) is 0 Å². The second kappa shape index (κ2) is 6.36. The number of hydrogen-bond acceptors (Lipinski definition) is 5. The zero-order valence-electron chi connectivity index (χ0n) is 11.0. The molecule has 6 heteroatoms. The van der Waals surface area contributed by atoms with Crippen molar-refractivity contribution < 1.29 is 17.3 Å². The average Bonchev–Trinajstić information content (AvgIpc) is 2.82. The van der Waals surface area contributed by atoms with Crippen LogP contribution in [0.4, 0.5) is 0 Å². The van der Waals surface area contributed by atoms with Gasteiger partial charge in [0.1, 0.15) is 5.75 Å². The molecule has 1 atom stereocenters. The highest BCUT2D eigenvalue weighted by Gasteiger charge is 2.14. The summed E-state index contributed by atoms with van der Waals surface area (Å²) in [5, 5.41) is 3.33. The van der Waals surface area contributed by atoms with Gasteiger partial charge >= 0.3 is 10.1 Å². The molecule has 2 rings (SSSR count). The van der Waals surface area contributed by atoms with E-state index in [0.29, 0.717) is 11.9 Å². The lowest BCUT2D eigenvalue weighted by atomic mass is 10.2. The Hall–Kier alpha value is -1.11. The van der Waals surface area contributed by atoms with E-state index in [0.717, 1.165) is 44.4 Å².